The number of nitrogens with zero attached hydrogens (tertiary/aromatic N) is 4. The molecule has 2 aromatic carbocycles. The minimum absolute atomic E-state index is 0.0367. The number of rotatable bonds is 7. The number of aromatic amines is 1. The molecule has 0 saturated carbocycles. The average Bonchev–Trinajstić information content (AvgIpc) is 3.08. The van der Waals surface area contributed by atoms with E-state index in [4.69, 9.17) is 5.73 Å². The molecular weight excluding hydrogens is 444 g/mol. The molecule has 4 aromatic rings. The molecule has 2 aromatic heterocycles. The zero-order valence-corrected chi connectivity index (χ0v) is 20.0. The van der Waals surface area contributed by atoms with Crippen molar-refractivity contribution in [3.63, 3.8) is 0 Å². The van der Waals surface area contributed by atoms with Gasteiger partial charge in [-0.25, -0.2) is 4.79 Å². The van der Waals surface area contributed by atoms with Gasteiger partial charge in [0, 0.05) is 18.3 Å². The van der Waals surface area contributed by atoms with E-state index in [0.29, 0.717) is 0 Å². The largest absolute Gasteiger partial charge is 0.383 e. The quantitative estimate of drug-likeness (QED) is 0.428. The molecule has 1 amide bonds. The van der Waals surface area contributed by atoms with Crippen LogP contribution in [-0.2, 0) is 31.4 Å². The number of nitrogens with two attached hydrogens (primary N) is 1. The highest BCUT2D eigenvalue weighted by molar-refractivity contribution is 5.97. The smallest absolute Gasteiger partial charge is 0.330 e. The minimum Gasteiger partial charge on any atom is -0.383 e. The van der Waals surface area contributed by atoms with Crippen LogP contribution in [0.5, 0.6) is 0 Å². The standard InChI is InChI=1S/C26H28N6O3/c1-17-21(18(2)30(3)29-17)14-22(33)31(15-19-10-6-4-7-11-19)23-24(27)32(26(35)28-25(23)34)16-20-12-8-5-9-13-20/h4-13H,14-16,27H2,1-3H3,(H,28,34,35). The third kappa shape index (κ3) is 4.93. The summed E-state index contributed by atoms with van der Waals surface area (Å²) >= 11 is 0. The third-order valence-electron chi connectivity index (χ3n) is 6.14. The monoisotopic (exact) mass is 472 g/mol. The molecule has 3 N–H and O–H groups in total. The van der Waals surface area contributed by atoms with Gasteiger partial charge in [0.2, 0.25) is 5.91 Å². The minimum atomic E-state index is -0.708. The average molecular weight is 473 g/mol. The maximum atomic E-state index is 13.7. The van der Waals surface area contributed by atoms with E-state index >= 15 is 0 Å². The molecule has 4 rings (SSSR count). The molecule has 0 fully saturated rings. The van der Waals surface area contributed by atoms with E-state index < -0.39 is 11.2 Å². The Balaban J connectivity index is 1.81. The number of aromatic nitrogens is 4. The number of nitrogens with one attached hydrogen (secondary N) is 1. The molecule has 180 valence electrons. The lowest BCUT2D eigenvalue weighted by atomic mass is 10.1. The van der Waals surface area contributed by atoms with Crippen LogP contribution in [0.25, 0.3) is 0 Å². The third-order valence-corrected chi connectivity index (χ3v) is 6.14. The summed E-state index contributed by atoms with van der Waals surface area (Å²) in [6.45, 7) is 4.02. The molecule has 0 unspecified atom stereocenters. The van der Waals surface area contributed by atoms with Crippen LogP contribution in [0.1, 0.15) is 28.1 Å². The fourth-order valence-electron chi connectivity index (χ4n) is 4.14. The molecule has 0 radical (unpaired) electrons. The van der Waals surface area contributed by atoms with Crippen molar-refractivity contribution in [1.29, 1.82) is 0 Å². The molecule has 9 nitrogen and oxygen atoms in total. The van der Waals surface area contributed by atoms with Crippen molar-refractivity contribution in [3.05, 3.63) is 110 Å². The Morgan fingerprint density at radius 3 is 2.17 bits per heavy atom. The van der Waals surface area contributed by atoms with E-state index in [1.807, 2.05) is 81.6 Å². The van der Waals surface area contributed by atoms with Crippen LogP contribution in [0.15, 0.2) is 70.3 Å². The number of hydrogen-bond acceptors (Lipinski definition) is 5. The molecule has 0 aliphatic heterocycles. The molecule has 0 spiro atoms. The number of benzene rings is 2. The van der Waals surface area contributed by atoms with Crippen molar-refractivity contribution in [2.75, 3.05) is 10.6 Å². The Kier molecular flexibility index (Phi) is 6.68. The Morgan fingerprint density at radius 2 is 1.60 bits per heavy atom. The second kappa shape index (κ2) is 9.84. The van der Waals surface area contributed by atoms with E-state index in [1.165, 1.54) is 9.47 Å². The molecule has 0 aliphatic rings. The predicted octanol–water partition coefficient (Wildman–Crippen LogP) is 2.29. The van der Waals surface area contributed by atoms with Gasteiger partial charge < -0.3 is 5.73 Å². The number of anilines is 2. The first kappa shape index (κ1) is 23.7. The summed E-state index contributed by atoms with van der Waals surface area (Å²) in [4.78, 5) is 43.1. The normalized spacial score (nSPS) is 10.9. The molecule has 0 saturated heterocycles. The number of carbonyl (C=O) groups is 1. The summed E-state index contributed by atoms with van der Waals surface area (Å²) in [5.41, 5.74) is 9.09. The molecular formula is C26H28N6O3. The zero-order valence-electron chi connectivity index (χ0n) is 20.0. The fraction of sp³-hybridized carbons (Fsp3) is 0.231. The van der Waals surface area contributed by atoms with Crippen molar-refractivity contribution in [1.82, 2.24) is 19.3 Å². The summed E-state index contributed by atoms with van der Waals surface area (Å²) < 4.78 is 3.00. The van der Waals surface area contributed by atoms with Crippen molar-refractivity contribution in [3.8, 4) is 0 Å². The Labute approximate surface area is 202 Å². The number of nitrogen functional groups attached to an aromatic ring is 1. The summed E-state index contributed by atoms with van der Waals surface area (Å²) in [6.07, 6.45) is 0.0367. The summed E-state index contributed by atoms with van der Waals surface area (Å²) in [7, 11) is 1.82. The number of aryl methyl sites for hydroxylation is 2. The second-order valence-electron chi connectivity index (χ2n) is 8.48. The first-order valence-electron chi connectivity index (χ1n) is 11.3. The van der Waals surface area contributed by atoms with E-state index in [0.717, 1.165) is 28.1 Å². The van der Waals surface area contributed by atoms with E-state index in [9.17, 15) is 14.4 Å². The van der Waals surface area contributed by atoms with Gasteiger partial charge >= 0.3 is 5.69 Å². The molecule has 0 bridgehead atoms. The Morgan fingerprint density at radius 1 is 1.00 bits per heavy atom. The van der Waals surface area contributed by atoms with Gasteiger partial charge in [0.15, 0.2) is 5.69 Å². The van der Waals surface area contributed by atoms with Crippen molar-refractivity contribution in [2.45, 2.75) is 33.4 Å². The number of amides is 1. The predicted molar refractivity (Wildman–Crippen MR) is 135 cm³/mol. The first-order chi connectivity index (χ1) is 16.8. The molecule has 2 heterocycles. The van der Waals surface area contributed by atoms with Gasteiger partial charge in [0.1, 0.15) is 5.82 Å². The SMILES string of the molecule is Cc1nn(C)c(C)c1CC(=O)N(Cc1ccccc1)c1c(N)n(Cc2ccccc2)c(=O)[nH]c1=O. The summed E-state index contributed by atoms with van der Waals surface area (Å²) in [5.74, 6) is -0.387. The van der Waals surface area contributed by atoms with Gasteiger partial charge in [-0.15, -0.1) is 0 Å². The van der Waals surface area contributed by atoms with Crippen LogP contribution in [0.3, 0.4) is 0 Å². The first-order valence-corrected chi connectivity index (χ1v) is 11.3. The molecule has 9 heteroatoms. The van der Waals surface area contributed by atoms with E-state index in [-0.39, 0.29) is 36.9 Å². The molecule has 35 heavy (non-hydrogen) atoms. The highest BCUT2D eigenvalue weighted by atomic mass is 16.2. The lowest BCUT2D eigenvalue weighted by Gasteiger charge is -2.25. The maximum absolute atomic E-state index is 13.7. The van der Waals surface area contributed by atoms with Gasteiger partial charge in [-0.2, -0.15) is 5.10 Å². The van der Waals surface area contributed by atoms with Gasteiger partial charge in [-0.3, -0.25) is 28.7 Å². The highest BCUT2D eigenvalue weighted by Crippen LogP contribution is 2.23. The number of hydrogen-bond donors (Lipinski definition) is 2. The Bertz CT molecular complexity index is 1470. The van der Waals surface area contributed by atoms with Crippen molar-refractivity contribution < 1.29 is 4.79 Å². The van der Waals surface area contributed by atoms with Crippen LogP contribution in [0.2, 0.25) is 0 Å². The second-order valence-corrected chi connectivity index (χ2v) is 8.48. The topological polar surface area (TPSA) is 119 Å². The highest BCUT2D eigenvalue weighted by Gasteiger charge is 2.26. The summed E-state index contributed by atoms with van der Waals surface area (Å²) in [6, 6.07) is 18.6. The van der Waals surface area contributed by atoms with Crippen LogP contribution in [0, 0.1) is 13.8 Å². The van der Waals surface area contributed by atoms with Gasteiger partial charge in [0.05, 0.1) is 25.2 Å². The van der Waals surface area contributed by atoms with E-state index in [2.05, 4.69) is 10.1 Å². The number of carbonyl (C=O) groups excluding carboxylic acids is 1. The fourth-order valence-corrected chi connectivity index (χ4v) is 4.14. The lowest BCUT2D eigenvalue weighted by Crippen LogP contribution is -2.41. The molecule has 0 aliphatic carbocycles. The van der Waals surface area contributed by atoms with Crippen LogP contribution in [-0.4, -0.2) is 25.2 Å². The van der Waals surface area contributed by atoms with Crippen LogP contribution < -0.4 is 21.9 Å². The van der Waals surface area contributed by atoms with Gasteiger partial charge in [0.25, 0.3) is 5.56 Å². The summed E-state index contributed by atoms with van der Waals surface area (Å²) in [5, 5.41) is 4.40. The Hall–Kier alpha value is -4.40. The molecule has 0 atom stereocenters. The maximum Gasteiger partial charge on any atom is 0.330 e. The van der Waals surface area contributed by atoms with E-state index in [1.54, 1.807) is 4.68 Å². The van der Waals surface area contributed by atoms with Gasteiger partial charge in [-0.05, 0) is 25.0 Å². The number of H-pyrrole nitrogens is 1. The van der Waals surface area contributed by atoms with Crippen molar-refractivity contribution >= 4 is 17.4 Å². The zero-order chi connectivity index (χ0) is 25.1. The van der Waals surface area contributed by atoms with Crippen LogP contribution >= 0.6 is 0 Å². The lowest BCUT2D eigenvalue weighted by molar-refractivity contribution is -0.118. The van der Waals surface area contributed by atoms with Crippen molar-refractivity contribution in [2.24, 2.45) is 7.05 Å². The van der Waals surface area contributed by atoms with Gasteiger partial charge in [-0.1, -0.05) is 60.7 Å². The van der Waals surface area contributed by atoms with Crippen LogP contribution in [0.4, 0.5) is 11.5 Å².